The lowest BCUT2D eigenvalue weighted by Crippen LogP contribution is -2.47. The number of carbonyl (C=O) groups is 1. The Labute approximate surface area is 132 Å². The van der Waals surface area contributed by atoms with Crippen LogP contribution in [0.1, 0.15) is 29.0 Å². The van der Waals surface area contributed by atoms with Gasteiger partial charge in [-0.1, -0.05) is 0 Å². The molecular formula is C17H26N2O3. The van der Waals surface area contributed by atoms with E-state index in [0.717, 1.165) is 51.2 Å². The Balaban J connectivity index is 1.67. The molecular weight excluding hydrogens is 280 g/mol. The van der Waals surface area contributed by atoms with E-state index in [-0.39, 0.29) is 5.91 Å². The molecule has 1 atom stereocenters. The summed E-state index contributed by atoms with van der Waals surface area (Å²) in [6.07, 6.45) is 3.70. The molecule has 2 aliphatic rings. The minimum Gasteiger partial charge on any atom is -0.459 e. The van der Waals surface area contributed by atoms with Gasteiger partial charge < -0.3 is 19.0 Å². The lowest BCUT2D eigenvalue weighted by atomic mass is 9.71. The van der Waals surface area contributed by atoms with Crippen molar-refractivity contribution in [1.82, 2.24) is 9.80 Å². The number of aryl methyl sites for hydroxylation is 1. The highest BCUT2D eigenvalue weighted by atomic mass is 16.5. The molecule has 122 valence electrons. The molecule has 0 aromatic carbocycles. The van der Waals surface area contributed by atoms with E-state index in [2.05, 4.69) is 11.9 Å². The smallest absolute Gasteiger partial charge is 0.289 e. The monoisotopic (exact) mass is 306 g/mol. The minimum absolute atomic E-state index is 0.0343. The summed E-state index contributed by atoms with van der Waals surface area (Å²) >= 11 is 0. The van der Waals surface area contributed by atoms with Crippen molar-refractivity contribution in [3.63, 3.8) is 0 Å². The Bertz CT molecular complexity index is 532. The van der Waals surface area contributed by atoms with E-state index in [1.165, 1.54) is 0 Å². The zero-order valence-corrected chi connectivity index (χ0v) is 13.8. The van der Waals surface area contributed by atoms with Crippen molar-refractivity contribution in [3.8, 4) is 0 Å². The van der Waals surface area contributed by atoms with Crippen LogP contribution < -0.4 is 0 Å². The second kappa shape index (κ2) is 6.05. The van der Waals surface area contributed by atoms with E-state index >= 15 is 0 Å². The van der Waals surface area contributed by atoms with Gasteiger partial charge in [-0.2, -0.15) is 0 Å². The standard InChI is InChI=1S/C17H26N2O3/c1-13-4-9-22-15(13)16(20)19-7-5-17(6-8-19)12-18(2)10-14(17)11-21-3/h4,9,14H,5-8,10-12H2,1-3H3. The number of piperidine rings is 1. The zero-order valence-electron chi connectivity index (χ0n) is 13.8. The molecule has 1 aromatic heterocycles. The van der Waals surface area contributed by atoms with E-state index in [1.807, 2.05) is 17.9 Å². The summed E-state index contributed by atoms with van der Waals surface area (Å²) in [5, 5.41) is 0. The first-order chi connectivity index (χ1) is 10.6. The highest BCUT2D eigenvalue weighted by Crippen LogP contribution is 2.44. The molecule has 2 aliphatic heterocycles. The van der Waals surface area contributed by atoms with Crippen LogP contribution in [0.25, 0.3) is 0 Å². The molecule has 22 heavy (non-hydrogen) atoms. The first kappa shape index (κ1) is 15.6. The molecule has 1 unspecified atom stereocenters. The maximum atomic E-state index is 12.6. The molecule has 3 rings (SSSR count). The van der Waals surface area contributed by atoms with Crippen molar-refractivity contribution in [2.75, 3.05) is 46.9 Å². The molecule has 5 heteroatoms. The third-order valence-electron chi connectivity index (χ3n) is 5.45. The Morgan fingerprint density at radius 2 is 2.18 bits per heavy atom. The van der Waals surface area contributed by atoms with Crippen molar-refractivity contribution in [1.29, 1.82) is 0 Å². The van der Waals surface area contributed by atoms with Gasteiger partial charge in [-0.25, -0.2) is 0 Å². The van der Waals surface area contributed by atoms with Gasteiger partial charge in [-0.05, 0) is 38.3 Å². The lowest BCUT2D eigenvalue weighted by molar-refractivity contribution is 0.0308. The number of nitrogens with zero attached hydrogens (tertiary/aromatic N) is 2. The highest BCUT2D eigenvalue weighted by Gasteiger charge is 2.47. The number of hydrogen-bond donors (Lipinski definition) is 0. The number of rotatable bonds is 3. The third kappa shape index (κ3) is 2.68. The van der Waals surface area contributed by atoms with Gasteiger partial charge in [-0.15, -0.1) is 0 Å². The zero-order chi connectivity index (χ0) is 15.7. The van der Waals surface area contributed by atoms with Crippen LogP contribution in [0.5, 0.6) is 0 Å². The Morgan fingerprint density at radius 1 is 1.45 bits per heavy atom. The molecule has 1 amide bonds. The fraction of sp³-hybridized carbons (Fsp3) is 0.706. The third-order valence-corrected chi connectivity index (χ3v) is 5.45. The Morgan fingerprint density at radius 3 is 2.77 bits per heavy atom. The Kier molecular flexibility index (Phi) is 4.28. The number of hydrogen-bond acceptors (Lipinski definition) is 4. The molecule has 5 nitrogen and oxygen atoms in total. The maximum absolute atomic E-state index is 12.6. The number of ether oxygens (including phenoxy) is 1. The molecule has 2 saturated heterocycles. The predicted molar refractivity (Wildman–Crippen MR) is 83.9 cm³/mol. The van der Waals surface area contributed by atoms with Crippen molar-refractivity contribution < 1.29 is 13.9 Å². The van der Waals surface area contributed by atoms with Crippen LogP contribution in [-0.2, 0) is 4.74 Å². The molecule has 0 saturated carbocycles. The van der Waals surface area contributed by atoms with Gasteiger partial charge in [0, 0.05) is 44.8 Å². The SMILES string of the molecule is COCC1CN(C)CC12CCN(C(=O)c1occc1C)CC2. The van der Waals surface area contributed by atoms with Gasteiger partial charge in [0.1, 0.15) is 0 Å². The fourth-order valence-corrected chi connectivity index (χ4v) is 4.19. The number of methoxy groups -OCH3 is 1. The van der Waals surface area contributed by atoms with E-state index in [0.29, 0.717) is 17.1 Å². The summed E-state index contributed by atoms with van der Waals surface area (Å²) in [6, 6.07) is 1.85. The van der Waals surface area contributed by atoms with E-state index in [4.69, 9.17) is 9.15 Å². The van der Waals surface area contributed by atoms with Crippen molar-refractivity contribution in [2.24, 2.45) is 11.3 Å². The molecule has 0 bridgehead atoms. The van der Waals surface area contributed by atoms with E-state index in [9.17, 15) is 4.79 Å². The van der Waals surface area contributed by atoms with Crippen LogP contribution in [-0.4, -0.2) is 62.7 Å². The number of amides is 1. The summed E-state index contributed by atoms with van der Waals surface area (Å²) in [4.78, 5) is 16.9. The normalized spacial score (nSPS) is 25.0. The van der Waals surface area contributed by atoms with Crippen LogP contribution >= 0.6 is 0 Å². The first-order valence-electron chi connectivity index (χ1n) is 8.06. The molecule has 1 aromatic rings. The molecule has 1 spiro atoms. The molecule has 0 radical (unpaired) electrons. The van der Waals surface area contributed by atoms with Crippen molar-refractivity contribution in [3.05, 3.63) is 23.7 Å². The maximum Gasteiger partial charge on any atom is 0.289 e. The molecule has 3 heterocycles. The summed E-state index contributed by atoms with van der Waals surface area (Å²) < 4.78 is 10.8. The number of carbonyl (C=O) groups excluding carboxylic acids is 1. The van der Waals surface area contributed by atoms with Crippen molar-refractivity contribution in [2.45, 2.75) is 19.8 Å². The van der Waals surface area contributed by atoms with Crippen LogP contribution in [0.2, 0.25) is 0 Å². The minimum atomic E-state index is 0.0343. The van der Waals surface area contributed by atoms with Crippen LogP contribution in [0, 0.1) is 18.3 Å². The average Bonchev–Trinajstić information content (AvgIpc) is 3.04. The molecule has 0 N–H and O–H groups in total. The van der Waals surface area contributed by atoms with Crippen LogP contribution in [0.4, 0.5) is 0 Å². The lowest BCUT2D eigenvalue weighted by Gasteiger charge is -2.42. The van der Waals surface area contributed by atoms with Gasteiger partial charge in [-0.3, -0.25) is 4.79 Å². The topological polar surface area (TPSA) is 45.9 Å². The van der Waals surface area contributed by atoms with Crippen LogP contribution in [0.15, 0.2) is 16.7 Å². The first-order valence-corrected chi connectivity index (χ1v) is 8.06. The molecule has 0 aliphatic carbocycles. The predicted octanol–water partition coefficient (Wildman–Crippen LogP) is 2.02. The summed E-state index contributed by atoms with van der Waals surface area (Å²) in [6.45, 7) is 6.57. The van der Waals surface area contributed by atoms with Crippen LogP contribution in [0.3, 0.4) is 0 Å². The summed E-state index contributed by atoms with van der Waals surface area (Å²) in [5.74, 6) is 1.10. The second-order valence-electron chi connectivity index (χ2n) is 6.94. The second-order valence-corrected chi connectivity index (χ2v) is 6.94. The average molecular weight is 306 g/mol. The largest absolute Gasteiger partial charge is 0.459 e. The van der Waals surface area contributed by atoms with Crippen molar-refractivity contribution >= 4 is 5.91 Å². The fourth-order valence-electron chi connectivity index (χ4n) is 4.19. The number of likely N-dealkylation sites (tertiary alicyclic amines) is 2. The van der Waals surface area contributed by atoms with Gasteiger partial charge in [0.05, 0.1) is 12.9 Å². The highest BCUT2D eigenvalue weighted by molar-refractivity contribution is 5.92. The number of furan rings is 1. The van der Waals surface area contributed by atoms with Gasteiger partial charge in [0.25, 0.3) is 5.91 Å². The quantitative estimate of drug-likeness (QED) is 0.857. The van der Waals surface area contributed by atoms with Gasteiger partial charge >= 0.3 is 0 Å². The summed E-state index contributed by atoms with van der Waals surface area (Å²) in [5.41, 5.74) is 1.22. The summed E-state index contributed by atoms with van der Waals surface area (Å²) in [7, 11) is 3.96. The van der Waals surface area contributed by atoms with E-state index in [1.54, 1.807) is 13.4 Å². The van der Waals surface area contributed by atoms with Gasteiger partial charge in [0.2, 0.25) is 0 Å². The molecule has 2 fully saturated rings. The Hall–Kier alpha value is -1.33. The van der Waals surface area contributed by atoms with Gasteiger partial charge in [0.15, 0.2) is 5.76 Å². The van der Waals surface area contributed by atoms with E-state index < -0.39 is 0 Å².